The molecule has 0 fully saturated rings. The fourth-order valence-corrected chi connectivity index (χ4v) is 9.60. The van der Waals surface area contributed by atoms with Crippen LogP contribution in [0.1, 0.15) is 47.2 Å². The Balaban J connectivity index is 1.24. The van der Waals surface area contributed by atoms with Crippen molar-refractivity contribution in [3.8, 4) is 16.9 Å². The molecule has 4 heteroatoms. The zero-order chi connectivity index (χ0) is 39.4. The van der Waals surface area contributed by atoms with Gasteiger partial charge in [-0.15, -0.1) is 0 Å². The number of anilines is 3. The Bertz CT molecular complexity index is 2880. The highest BCUT2D eigenvalue weighted by molar-refractivity contribution is 6.09. The smallest absolute Gasteiger partial charge is 0.138 e. The van der Waals surface area contributed by atoms with Gasteiger partial charge in [-0.3, -0.25) is 4.57 Å². The first-order valence-electron chi connectivity index (χ1n) is 20.3. The first kappa shape index (κ1) is 35.5. The fraction of sp³-hybridized carbons (Fsp3) is 0.130. The topological polar surface area (TPSA) is 24.3 Å². The van der Waals surface area contributed by atoms with Crippen LogP contribution in [0.5, 0.6) is 0 Å². The van der Waals surface area contributed by atoms with Crippen molar-refractivity contribution >= 4 is 38.9 Å². The summed E-state index contributed by atoms with van der Waals surface area (Å²) in [4.78, 5) is 10.0. The van der Waals surface area contributed by atoms with Crippen LogP contribution in [0, 0.1) is 13.8 Å². The van der Waals surface area contributed by atoms with E-state index < -0.39 is 5.41 Å². The van der Waals surface area contributed by atoms with E-state index in [2.05, 4.69) is 224 Å². The quantitative estimate of drug-likeness (QED) is 0.145. The minimum absolute atomic E-state index is 0.372. The Kier molecular flexibility index (Phi) is 8.71. The second-order valence-electron chi connectivity index (χ2n) is 15.9. The Labute approximate surface area is 341 Å². The van der Waals surface area contributed by atoms with Gasteiger partial charge in [-0.1, -0.05) is 133 Å². The lowest BCUT2D eigenvalue weighted by molar-refractivity contribution is 0.708. The summed E-state index contributed by atoms with van der Waals surface area (Å²) in [6.45, 7) is 9.73. The van der Waals surface area contributed by atoms with Gasteiger partial charge < -0.3 is 9.80 Å². The molecule has 0 unspecified atom stereocenters. The second kappa shape index (κ2) is 14.2. The van der Waals surface area contributed by atoms with E-state index in [9.17, 15) is 0 Å². The number of nitrogens with zero attached hydrogens (tertiary/aromatic N) is 4. The summed E-state index contributed by atoms with van der Waals surface area (Å²) >= 11 is 0. The van der Waals surface area contributed by atoms with Crippen LogP contribution in [0.4, 0.5) is 17.1 Å². The highest BCUT2D eigenvalue weighted by atomic mass is 15.4. The van der Waals surface area contributed by atoms with Gasteiger partial charge in [0, 0.05) is 28.7 Å². The SMILES string of the molecule is Cc1cccc(C)c1-c1ccnc(-n2c3ccccc3c3ccc(C(c4ccccc4)(c4ccccc4)c4cccc(N5CN(C(C)C)c6ccccc65)c4)cc32)c1. The van der Waals surface area contributed by atoms with Gasteiger partial charge in [0.1, 0.15) is 5.82 Å². The van der Waals surface area contributed by atoms with E-state index in [1.54, 1.807) is 0 Å². The Morgan fingerprint density at radius 1 is 0.517 bits per heavy atom. The van der Waals surface area contributed by atoms with Crippen molar-refractivity contribution in [1.82, 2.24) is 9.55 Å². The van der Waals surface area contributed by atoms with Gasteiger partial charge in [-0.05, 0) is 121 Å². The molecule has 2 aromatic heterocycles. The zero-order valence-corrected chi connectivity index (χ0v) is 33.5. The van der Waals surface area contributed by atoms with Gasteiger partial charge in [0.05, 0.1) is 34.5 Å². The van der Waals surface area contributed by atoms with Crippen molar-refractivity contribution < 1.29 is 0 Å². The molecular weight excluding hydrogens is 705 g/mol. The van der Waals surface area contributed by atoms with E-state index >= 15 is 0 Å². The summed E-state index contributed by atoms with van der Waals surface area (Å²) in [5, 5.41) is 2.41. The molecule has 9 aromatic rings. The molecule has 0 radical (unpaired) electrons. The summed E-state index contributed by atoms with van der Waals surface area (Å²) in [5.41, 5.74) is 15.0. The maximum absolute atomic E-state index is 5.08. The number of para-hydroxylation sites is 3. The van der Waals surface area contributed by atoms with Crippen molar-refractivity contribution in [2.75, 3.05) is 16.5 Å². The number of aromatic nitrogens is 2. The molecule has 7 aromatic carbocycles. The molecule has 0 saturated carbocycles. The monoisotopic (exact) mass is 750 g/mol. The van der Waals surface area contributed by atoms with Gasteiger partial charge in [-0.25, -0.2) is 4.98 Å². The number of benzene rings is 7. The minimum atomic E-state index is -0.654. The number of rotatable bonds is 8. The van der Waals surface area contributed by atoms with Gasteiger partial charge in [0.25, 0.3) is 0 Å². The number of hydrogen-bond acceptors (Lipinski definition) is 3. The molecule has 0 saturated heterocycles. The van der Waals surface area contributed by atoms with Crippen LogP contribution in [-0.4, -0.2) is 22.3 Å². The molecule has 282 valence electrons. The van der Waals surface area contributed by atoms with Gasteiger partial charge in [0.15, 0.2) is 0 Å². The molecule has 0 aliphatic carbocycles. The molecule has 0 N–H and O–H groups in total. The summed E-state index contributed by atoms with van der Waals surface area (Å²) in [6, 6.07) is 67.3. The van der Waals surface area contributed by atoms with Crippen LogP contribution in [0.25, 0.3) is 38.8 Å². The lowest BCUT2D eigenvalue weighted by atomic mass is 9.65. The fourth-order valence-electron chi connectivity index (χ4n) is 9.60. The maximum atomic E-state index is 5.08. The molecule has 0 bridgehead atoms. The Morgan fingerprint density at radius 3 is 1.84 bits per heavy atom. The van der Waals surface area contributed by atoms with Crippen LogP contribution < -0.4 is 9.80 Å². The van der Waals surface area contributed by atoms with E-state index in [0.29, 0.717) is 6.04 Å². The summed E-state index contributed by atoms with van der Waals surface area (Å²) in [5.74, 6) is 0.901. The minimum Gasteiger partial charge on any atom is -0.349 e. The second-order valence-corrected chi connectivity index (χ2v) is 15.9. The van der Waals surface area contributed by atoms with Crippen LogP contribution >= 0.6 is 0 Å². The molecule has 1 aliphatic rings. The molecule has 10 rings (SSSR count). The molecule has 1 aliphatic heterocycles. The number of hydrogen-bond donors (Lipinski definition) is 0. The Morgan fingerprint density at radius 2 is 1.12 bits per heavy atom. The van der Waals surface area contributed by atoms with Crippen LogP contribution in [0.3, 0.4) is 0 Å². The molecule has 0 amide bonds. The number of fused-ring (bicyclic) bond motifs is 4. The highest BCUT2D eigenvalue weighted by Gasteiger charge is 2.40. The molecular formula is C54H46N4. The van der Waals surface area contributed by atoms with Crippen molar-refractivity contribution in [2.24, 2.45) is 0 Å². The summed E-state index contributed by atoms with van der Waals surface area (Å²) in [6.07, 6.45) is 1.96. The first-order valence-corrected chi connectivity index (χ1v) is 20.3. The largest absolute Gasteiger partial charge is 0.349 e. The summed E-state index contributed by atoms with van der Waals surface area (Å²) < 4.78 is 2.37. The third-order valence-electron chi connectivity index (χ3n) is 12.3. The lowest BCUT2D eigenvalue weighted by Crippen LogP contribution is -2.34. The van der Waals surface area contributed by atoms with Gasteiger partial charge in [-0.2, -0.15) is 0 Å². The summed E-state index contributed by atoms with van der Waals surface area (Å²) in [7, 11) is 0. The van der Waals surface area contributed by atoms with E-state index in [1.807, 2.05) is 6.20 Å². The van der Waals surface area contributed by atoms with Crippen molar-refractivity contribution in [3.63, 3.8) is 0 Å². The average Bonchev–Trinajstić information content (AvgIpc) is 3.82. The van der Waals surface area contributed by atoms with E-state index in [-0.39, 0.29) is 0 Å². The molecule has 58 heavy (non-hydrogen) atoms. The average molecular weight is 751 g/mol. The van der Waals surface area contributed by atoms with Crippen LogP contribution in [-0.2, 0) is 5.41 Å². The van der Waals surface area contributed by atoms with E-state index in [0.717, 1.165) is 23.5 Å². The van der Waals surface area contributed by atoms with Crippen LogP contribution in [0.2, 0.25) is 0 Å². The first-order chi connectivity index (χ1) is 28.4. The third-order valence-corrected chi connectivity index (χ3v) is 12.3. The standard InChI is InChI=1S/C54H46N4/c1-37(2)56-36-57(50-28-14-13-27-49(50)56)45-24-16-23-43(34-45)54(41-19-7-5-8-20-41,42-21-9-6-10-22-42)44-29-30-47-46-25-11-12-26-48(46)58(51(47)35-44)52-33-40(31-32-55-52)53-38(3)17-15-18-39(53)4/h5-35,37H,36H2,1-4H3. The predicted molar refractivity (Wildman–Crippen MR) is 243 cm³/mol. The highest BCUT2D eigenvalue weighted by Crippen LogP contribution is 2.49. The molecule has 3 heterocycles. The third kappa shape index (κ3) is 5.62. The van der Waals surface area contributed by atoms with Gasteiger partial charge >= 0.3 is 0 Å². The van der Waals surface area contributed by atoms with E-state index in [4.69, 9.17) is 4.98 Å². The normalized spacial score (nSPS) is 12.8. The number of aryl methyl sites for hydroxylation is 2. The zero-order valence-electron chi connectivity index (χ0n) is 33.5. The predicted octanol–water partition coefficient (Wildman–Crippen LogP) is 13.2. The molecule has 0 spiro atoms. The van der Waals surface area contributed by atoms with Crippen molar-refractivity contribution in [2.45, 2.75) is 39.2 Å². The molecule has 4 nitrogen and oxygen atoms in total. The Hall–Kier alpha value is -6.91. The molecule has 0 atom stereocenters. The number of pyridine rings is 1. The van der Waals surface area contributed by atoms with E-state index in [1.165, 1.54) is 72.3 Å². The van der Waals surface area contributed by atoms with Crippen LogP contribution in [0.15, 0.2) is 188 Å². The van der Waals surface area contributed by atoms with Gasteiger partial charge in [0.2, 0.25) is 0 Å². The van der Waals surface area contributed by atoms with Crippen molar-refractivity contribution in [1.29, 1.82) is 0 Å². The van der Waals surface area contributed by atoms with Crippen molar-refractivity contribution in [3.05, 3.63) is 222 Å². The lowest BCUT2D eigenvalue weighted by Gasteiger charge is -2.37. The maximum Gasteiger partial charge on any atom is 0.138 e.